The molecule has 22 heavy (non-hydrogen) atoms. The number of ether oxygens (including phenoxy) is 1. The van der Waals surface area contributed by atoms with Gasteiger partial charge in [0.1, 0.15) is 4.21 Å². The van der Waals surface area contributed by atoms with Crippen LogP contribution < -0.4 is 0 Å². The van der Waals surface area contributed by atoms with E-state index in [9.17, 15) is 8.42 Å². The average Bonchev–Trinajstić information content (AvgIpc) is 3.11. The summed E-state index contributed by atoms with van der Waals surface area (Å²) >= 11 is 1.26. The zero-order valence-corrected chi connectivity index (χ0v) is 14.1. The highest BCUT2D eigenvalue weighted by Crippen LogP contribution is 2.25. The van der Waals surface area contributed by atoms with Crippen LogP contribution in [-0.2, 0) is 34.5 Å². The fourth-order valence-electron chi connectivity index (χ4n) is 2.55. The second kappa shape index (κ2) is 6.49. The third kappa shape index (κ3) is 2.96. The van der Waals surface area contributed by atoms with Gasteiger partial charge < -0.3 is 9.30 Å². The van der Waals surface area contributed by atoms with E-state index < -0.39 is 10.0 Å². The predicted molar refractivity (Wildman–Crippen MR) is 84.1 cm³/mol. The number of sulfonamides is 1. The minimum absolute atomic E-state index is 0.350. The van der Waals surface area contributed by atoms with Crippen molar-refractivity contribution in [2.75, 3.05) is 13.2 Å². The highest BCUT2D eigenvalue weighted by Gasteiger charge is 2.29. The van der Waals surface area contributed by atoms with Crippen molar-refractivity contribution in [3.05, 3.63) is 35.2 Å². The molecule has 0 spiro atoms. The third-order valence-corrected chi connectivity index (χ3v) is 6.92. The van der Waals surface area contributed by atoms with Crippen LogP contribution in [0.15, 0.2) is 28.0 Å². The van der Waals surface area contributed by atoms with Gasteiger partial charge in [-0.1, -0.05) is 6.07 Å². The summed E-state index contributed by atoms with van der Waals surface area (Å²) < 4.78 is 34.9. The molecule has 120 valence electrons. The second-order valence-corrected chi connectivity index (χ2v) is 8.21. The molecular weight excluding hydrogens is 322 g/mol. The van der Waals surface area contributed by atoms with Crippen LogP contribution >= 0.6 is 11.3 Å². The van der Waals surface area contributed by atoms with E-state index >= 15 is 0 Å². The van der Waals surface area contributed by atoms with Crippen LogP contribution in [0.3, 0.4) is 0 Å². The fraction of sp³-hybridized carbons (Fsp3) is 0.500. The first-order valence-corrected chi connectivity index (χ1v) is 9.59. The molecule has 0 radical (unpaired) electrons. The molecule has 0 saturated carbocycles. The number of imidazole rings is 1. The van der Waals surface area contributed by atoms with Crippen molar-refractivity contribution in [1.29, 1.82) is 0 Å². The second-order valence-electron chi connectivity index (χ2n) is 5.09. The van der Waals surface area contributed by atoms with Crippen LogP contribution in [0.1, 0.15) is 24.7 Å². The summed E-state index contributed by atoms with van der Waals surface area (Å²) in [6.07, 6.45) is 2.56. The Bertz CT molecular complexity index is 723. The summed E-state index contributed by atoms with van der Waals surface area (Å²) in [5.41, 5.74) is 1.77. The number of aryl methyl sites for hydroxylation is 1. The number of aromatic nitrogens is 2. The molecule has 3 heterocycles. The van der Waals surface area contributed by atoms with Crippen LogP contribution in [-0.4, -0.2) is 35.4 Å². The Kier molecular flexibility index (Phi) is 4.62. The van der Waals surface area contributed by atoms with Crippen molar-refractivity contribution < 1.29 is 13.2 Å². The predicted octanol–water partition coefficient (Wildman–Crippen LogP) is 2.08. The van der Waals surface area contributed by atoms with Gasteiger partial charge in [0, 0.05) is 19.7 Å². The average molecular weight is 341 g/mol. The van der Waals surface area contributed by atoms with E-state index in [0.717, 1.165) is 24.4 Å². The van der Waals surface area contributed by atoms with Crippen molar-refractivity contribution in [3.8, 4) is 0 Å². The Morgan fingerprint density at radius 3 is 3.00 bits per heavy atom. The standard InChI is InChI=1S/C14H19N3O3S2/c1-2-20-10-12-13-9-17(7-4-6-16(13)11-15-12)22(18,19)14-5-3-8-21-14/h3,5,8,11H,2,4,6-7,9-10H2,1H3. The van der Waals surface area contributed by atoms with E-state index in [1.165, 1.54) is 11.3 Å². The van der Waals surface area contributed by atoms with E-state index in [-0.39, 0.29) is 0 Å². The largest absolute Gasteiger partial charge is 0.375 e. The van der Waals surface area contributed by atoms with Gasteiger partial charge in [0.25, 0.3) is 10.0 Å². The summed E-state index contributed by atoms with van der Waals surface area (Å²) in [6.45, 7) is 4.63. The molecule has 0 unspecified atom stereocenters. The van der Waals surface area contributed by atoms with Gasteiger partial charge in [-0.05, 0) is 24.8 Å². The van der Waals surface area contributed by atoms with Crippen LogP contribution in [0, 0.1) is 0 Å². The monoisotopic (exact) mass is 341 g/mol. The third-order valence-electron chi connectivity index (χ3n) is 3.70. The van der Waals surface area contributed by atoms with Crippen LogP contribution in [0.2, 0.25) is 0 Å². The Hall–Kier alpha value is -1.22. The van der Waals surface area contributed by atoms with Crippen LogP contribution in [0.5, 0.6) is 0 Å². The molecule has 1 aliphatic heterocycles. The Morgan fingerprint density at radius 1 is 1.41 bits per heavy atom. The number of fused-ring (bicyclic) bond motifs is 1. The van der Waals surface area contributed by atoms with E-state index in [0.29, 0.717) is 30.5 Å². The number of hydrogen-bond donors (Lipinski definition) is 0. The normalized spacial score (nSPS) is 16.4. The van der Waals surface area contributed by atoms with Gasteiger partial charge in [0.05, 0.1) is 30.9 Å². The van der Waals surface area contributed by atoms with E-state index in [4.69, 9.17) is 4.74 Å². The molecule has 0 aromatic carbocycles. The van der Waals surface area contributed by atoms with Gasteiger partial charge in [-0.15, -0.1) is 11.3 Å². The van der Waals surface area contributed by atoms with Gasteiger partial charge in [-0.3, -0.25) is 0 Å². The maximum absolute atomic E-state index is 12.7. The molecule has 0 amide bonds. The van der Waals surface area contributed by atoms with Crippen molar-refractivity contribution >= 4 is 21.4 Å². The number of hydrogen-bond acceptors (Lipinski definition) is 5. The van der Waals surface area contributed by atoms with Crippen molar-refractivity contribution in [2.24, 2.45) is 0 Å². The lowest BCUT2D eigenvalue weighted by molar-refractivity contribution is 0.130. The molecule has 2 aromatic rings. The fourth-order valence-corrected chi connectivity index (χ4v) is 5.13. The summed E-state index contributed by atoms with van der Waals surface area (Å²) in [7, 11) is -3.43. The van der Waals surface area contributed by atoms with Gasteiger partial charge in [-0.25, -0.2) is 13.4 Å². The highest BCUT2D eigenvalue weighted by molar-refractivity contribution is 7.91. The molecule has 6 nitrogen and oxygen atoms in total. The first-order valence-electron chi connectivity index (χ1n) is 7.27. The minimum Gasteiger partial charge on any atom is -0.375 e. The van der Waals surface area contributed by atoms with Crippen LogP contribution in [0.25, 0.3) is 0 Å². The molecular formula is C14H19N3O3S2. The summed E-state index contributed by atoms with van der Waals surface area (Å²) in [5, 5.41) is 1.79. The lowest BCUT2D eigenvalue weighted by Crippen LogP contribution is -2.30. The highest BCUT2D eigenvalue weighted by atomic mass is 32.2. The molecule has 8 heteroatoms. The molecule has 0 aliphatic carbocycles. The van der Waals surface area contributed by atoms with Crippen molar-refractivity contribution in [3.63, 3.8) is 0 Å². The molecule has 3 rings (SSSR count). The molecule has 0 bridgehead atoms. The molecule has 0 saturated heterocycles. The lowest BCUT2D eigenvalue weighted by atomic mass is 10.3. The van der Waals surface area contributed by atoms with E-state index in [1.54, 1.807) is 28.1 Å². The first-order chi connectivity index (χ1) is 10.6. The first kappa shape index (κ1) is 15.7. The van der Waals surface area contributed by atoms with Gasteiger partial charge in [-0.2, -0.15) is 4.31 Å². The van der Waals surface area contributed by atoms with Gasteiger partial charge in [0.15, 0.2) is 0 Å². The summed E-state index contributed by atoms with van der Waals surface area (Å²) in [6, 6.07) is 3.42. The smallest absolute Gasteiger partial charge is 0.252 e. The van der Waals surface area contributed by atoms with Crippen molar-refractivity contribution in [1.82, 2.24) is 13.9 Å². The Balaban J connectivity index is 1.89. The minimum atomic E-state index is -3.43. The number of nitrogens with zero attached hydrogens (tertiary/aromatic N) is 3. The Morgan fingerprint density at radius 2 is 2.27 bits per heavy atom. The summed E-state index contributed by atoms with van der Waals surface area (Å²) in [4.78, 5) is 4.38. The van der Waals surface area contributed by atoms with Crippen LogP contribution in [0.4, 0.5) is 0 Å². The molecule has 0 atom stereocenters. The number of thiophene rings is 1. The molecule has 2 aromatic heterocycles. The van der Waals surface area contributed by atoms with Gasteiger partial charge >= 0.3 is 0 Å². The summed E-state index contributed by atoms with van der Waals surface area (Å²) in [5.74, 6) is 0. The molecule has 0 fully saturated rings. The quantitative estimate of drug-likeness (QED) is 0.835. The zero-order chi connectivity index (χ0) is 15.6. The lowest BCUT2D eigenvalue weighted by Gasteiger charge is -2.19. The maximum atomic E-state index is 12.7. The molecule has 1 aliphatic rings. The van der Waals surface area contributed by atoms with E-state index in [2.05, 4.69) is 4.98 Å². The molecule has 0 N–H and O–H groups in total. The van der Waals surface area contributed by atoms with Crippen molar-refractivity contribution in [2.45, 2.75) is 37.3 Å². The SMILES string of the molecule is CCOCc1ncn2c1CN(S(=O)(=O)c1cccs1)CCC2. The maximum Gasteiger partial charge on any atom is 0.252 e. The van der Waals surface area contributed by atoms with E-state index in [1.807, 2.05) is 11.5 Å². The zero-order valence-electron chi connectivity index (χ0n) is 12.4. The van der Waals surface area contributed by atoms with Gasteiger partial charge in [0.2, 0.25) is 0 Å². The number of rotatable bonds is 5. The Labute approximate surface area is 134 Å². The topological polar surface area (TPSA) is 64.4 Å².